The Kier molecular flexibility index (Phi) is 8.62. The van der Waals surface area contributed by atoms with E-state index in [1.807, 2.05) is 0 Å². The van der Waals surface area contributed by atoms with Crippen molar-refractivity contribution in [1.29, 1.82) is 0 Å². The predicted molar refractivity (Wildman–Crippen MR) is 190 cm³/mol. The van der Waals surface area contributed by atoms with E-state index in [9.17, 15) is 0 Å². The zero-order chi connectivity index (χ0) is 30.6. The summed E-state index contributed by atoms with van der Waals surface area (Å²) in [6, 6.07) is 48.9. The molecule has 44 heavy (non-hydrogen) atoms. The zero-order valence-electron chi connectivity index (χ0n) is 26.7. The minimum atomic E-state index is 0.323. The molecule has 0 bridgehead atoms. The highest BCUT2D eigenvalue weighted by molar-refractivity contribution is 5.74. The molecule has 6 aromatic rings. The van der Waals surface area contributed by atoms with Crippen molar-refractivity contribution >= 4 is 0 Å². The van der Waals surface area contributed by atoms with Gasteiger partial charge in [0.15, 0.2) is 0 Å². The first-order valence-corrected chi connectivity index (χ1v) is 16.0. The molecule has 0 N–H and O–H groups in total. The first kappa shape index (κ1) is 29.4. The van der Waals surface area contributed by atoms with E-state index in [0.29, 0.717) is 5.92 Å². The van der Waals surface area contributed by atoms with Crippen LogP contribution in [0.5, 0.6) is 0 Å². The fraction of sp³-hybridized carbons (Fsp3) is 0.182. The normalized spacial score (nSPS) is 11.8. The van der Waals surface area contributed by atoms with Gasteiger partial charge in [-0.05, 0) is 105 Å². The van der Waals surface area contributed by atoms with Crippen LogP contribution in [0.15, 0.2) is 133 Å². The third-order valence-corrected chi connectivity index (χ3v) is 9.22. The molecule has 0 aliphatic carbocycles. The molecule has 0 amide bonds. The van der Waals surface area contributed by atoms with Crippen LogP contribution in [-0.4, -0.2) is 0 Å². The highest BCUT2D eigenvalue weighted by Gasteiger charge is 2.21. The van der Waals surface area contributed by atoms with Gasteiger partial charge in [0.2, 0.25) is 0 Å². The standard InChI is InChI=1S/C44H42/c1-6-33-28-42(40-24-20-38(21-25-40)36-16-12-9-13-17-36)29-34(7-2)44(33)32(5)43-30(3)26-41(27-31(43)4)39-22-18-37(19-23-39)35-14-10-8-11-15-35/h8-29,32H,6-7H2,1-5H3. The van der Waals surface area contributed by atoms with Gasteiger partial charge >= 0.3 is 0 Å². The molecule has 0 saturated carbocycles. The van der Waals surface area contributed by atoms with E-state index in [0.717, 1.165) is 12.8 Å². The van der Waals surface area contributed by atoms with E-state index in [2.05, 4.69) is 168 Å². The van der Waals surface area contributed by atoms with Crippen molar-refractivity contribution in [2.75, 3.05) is 0 Å². The molecule has 0 fully saturated rings. The van der Waals surface area contributed by atoms with E-state index >= 15 is 0 Å². The van der Waals surface area contributed by atoms with Gasteiger partial charge < -0.3 is 0 Å². The molecule has 0 saturated heterocycles. The topological polar surface area (TPSA) is 0 Å². The van der Waals surface area contributed by atoms with Crippen molar-refractivity contribution in [1.82, 2.24) is 0 Å². The summed E-state index contributed by atoms with van der Waals surface area (Å²) in [6.45, 7) is 11.6. The highest BCUT2D eigenvalue weighted by Crippen LogP contribution is 2.39. The number of benzene rings is 6. The van der Waals surface area contributed by atoms with Crippen LogP contribution < -0.4 is 0 Å². The van der Waals surface area contributed by atoms with Crippen LogP contribution in [0.25, 0.3) is 44.5 Å². The lowest BCUT2D eigenvalue weighted by Crippen LogP contribution is -2.09. The monoisotopic (exact) mass is 570 g/mol. The molecule has 6 rings (SSSR count). The van der Waals surface area contributed by atoms with Gasteiger partial charge in [-0.15, -0.1) is 0 Å². The molecule has 0 heterocycles. The molecule has 1 atom stereocenters. The van der Waals surface area contributed by atoms with Crippen molar-refractivity contribution < 1.29 is 0 Å². The van der Waals surface area contributed by atoms with Crippen molar-refractivity contribution in [3.8, 4) is 44.5 Å². The van der Waals surface area contributed by atoms with Crippen LogP contribution in [0.2, 0.25) is 0 Å². The second kappa shape index (κ2) is 12.9. The Hall–Kier alpha value is -4.68. The summed E-state index contributed by atoms with van der Waals surface area (Å²) < 4.78 is 0. The third kappa shape index (κ3) is 5.90. The summed E-state index contributed by atoms with van der Waals surface area (Å²) in [4.78, 5) is 0. The van der Waals surface area contributed by atoms with E-state index in [-0.39, 0.29) is 0 Å². The van der Waals surface area contributed by atoms with E-state index in [1.54, 1.807) is 0 Å². The van der Waals surface area contributed by atoms with Gasteiger partial charge in [0.1, 0.15) is 0 Å². The lowest BCUT2D eigenvalue weighted by molar-refractivity contribution is 0.850. The van der Waals surface area contributed by atoms with Gasteiger partial charge in [-0.2, -0.15) is 0 Å². The van der Waals surface area contributed by atoms with Gasteiger partial charge in [-0.1, -0.05) is 154 Å². The quantitative estimate of drug-likeness (QED) is 0.171. The van der Waals surface area contributed by atoms with Crippen LogP contribution >= 0.6 is 0 Å². The van der Waals surface area contributed by atoms with Crippen molar-refractivity contribution in [2.24, 2.45) is 0 Å². The minimum absolute atomic E-state index is 0.323. The Labute approximate surface area is 264 Å². The van der Waals surface area contributed by atoms with Crippen LogP contribution in [0.1, 0.15) is 60.1 Å². The fourth-order valence-electron chi connectivity index (χ4n) is 7.03. The number of rotatable bonds is 8. The summed E-state index contributed by atoms with van der Waals surface area (Å²) >= 11 is 0. The van der Waals surface area contributed by atoms with Crippen molar-refractivity contribution in [3.63, 3.8) is 0 Å². The largest absolute Gasteiger partial charge is 0.0622 e. The first-order valence-electron chi connectivity index (χ1n) is 16.0. The molecule has 0 aliphatic heterocycles. The van der Waals surface area contributed by atoms with Gasteiger partial charge in [0.25, 0.3) is 0 Å². The first-order chi connectivity index (χ1) is 21.5. The Morgan fingerprint density at radius 1 is 0.386 bits per heavy atom. The molecule has 1 unspecified atom stereocenters. The SMILES string of the molecule is CCc1cc(-c2ccc(-c3ccccc3)cc2)cc(CC)c1C(C)c1c(C)cc(-c2ccc(-c3ccccc3)cc2)cc1C. The van der Waals surface area contributed by atoms with Crippen LogP contribution in [0, 0.1) is 13.8 Å². The number of hydrogen-bond donors (Lipinski definition) is 0. The van der Waals surface area contributed by atoms with Gasteiger partial charge in [-0.25, -0.2) is 0 Å². The van der Waals surface area contributed by atoms with Gasteiger partial charge in [0, 0.05) is 5.92 Å². The summed E-state index contributed by atoms with van der Waals surface area (Å²) in [7, 11) is 0. The number of aryl methyl sites for hydroxylation is 4. The molecule has 0 heteroatoms. The van der Waals surface area contributed by atoms with E-state index < -0.39 is 0 Å². The molecular formula is C44H42. The Morgan fingerprint density at radius 3 is 1.07 bits per heavy atom. The lowest BCUT2D eigenvalue weighted by atomic mass is 9.79. The second-order valence-electron chi connectivity index (χ2n) is 12.0. The average Bonchev–Trinajstić information content (AvgIpc) is 3.08. The van der Waals surface area contributed by atoms with Crippen LogP contribution in [-0.2, 0) is 12.8 Å². The molecule has 0 aliphatic rings. The molecule has 218 valence electrons. The maximum absolute atomic E-state index is 2.44. The smallest absolute Gasteiger partial charge is 0.00717 e. The average molecular weight is 571 g/mol. The molecular weight excluding hydrogens is 528 g/mol. The maximum Gasteiger partial charge on any atom is 0.00717 e. The fourth-order valence-corrected chi connectivity index (χ4v) is 7.03. The third-order valence-electron chi connectivity index (χ3n) is 9.22. The summed E-state index contributed by atoms with van der Waals surface area (Å²) in [5, 5.41) is 0. The maximum atomic E-state index is 2.44. The molecule has 0 aromatic heterocycles. The summed E-state index contributed by atoms with van der Waals surface area (Å²) in [6.07, 6.45) is 2.04. The number of hydrogen-bond acceptors (Lipinski definition) is 0. The van der Waals surface area contributed by atoms with Gasteiger partial charge in [0.05, 0.1) is 0 Å². The Bertz CT molecular complexity index is 1810. The Morgan fingerprint density at radius 2 is 0.705 bits per heavy atom. The molecule has 6 aromatic carbocycles. The zero-order valence-corrected chi connectivity index (χ0v) is 26.7. The molecule has 0 nitrogen and oxygen atoms in total. The lowest BCUT2D eigenvalue weighted by Gasteiger charge is -2.25. The predicted octanol–water partition coefficient (Wildman–Crippen LogP) is 12.2. The van der Waals surface area contributed by atoms with Gasteiger partial charge in [-0.3, -0.25) is 0 Å². The minimum Gasteiger partial charge on any atom is -0.0622 e. The van der Waals surface area contributed by atoms with E-state index in [1.165, 1.54) is 77.9 Å². The second-order valence-corrected chi connectivity index (χ2v) is 12.0. The molecule has 0 radical (unpaired) electrons. The van der Waals surface area contributed by atoms with Crippen LogP contribution in [0.3, 0.4) is 0 Å². The van der Waals surface area contributed by atoms with E-state index in [4.69, 9.17) is 0 Å². The van der Waals surface area contributed by atoms with Crippen LogP contribution in [0.4, 0.5) is 0 Å². The highest BCUT2D eigenvalue weighted by atomic mass is 14.3. The summed E-state index contributed by atoms with van der Waals surface area (Å²) in [5.41, 5.74) is 18.8. The van der Waals surface area contributed by atoms with Crippen molar-refractivity contribution in [2.45, 2.75) is 53.4 Å². The molecule has 0 spiro atoms. The van der Waals surface area contributed by atoms with Crippen molar-refractivity contribution in [3.05, 3.63) is 167 Å². The summed E-state index contributed by atoms with van der Waals surface area (Å²) in [5.74, 6) is 0.323. The Balaban J connectivity index is 1.32.